The summed E-state index contributed by atoms with van der Waals surface area (Å²) in [5.74, 6) is -0.227. The Labute approximate surface area is 124 Å². The quantitative estimate of drug-likeness (QED) is 0.849. The van der Waals surface area contributed by atoms with E-state index < -0.39 is 5.41 Å². The number of para-hydroxylation sites is 1. The number of nitrogens with zero attached hydrogens (tertiary/aromatic N) is 3. The molecule has 0 radical (unpaired) electrons. The second kappa shape index (κ2) is 6.88. The van der Waals surface area contributed by atoms with Crippen molar-refractivity contribution in [1.29, 1.82) is 10.5 Å². The van der Waals surface area contributed by atoms with Gasteiger partial charge in [0.15, 0.2) is 0 Å². The van der Waals surface area contributed by atoms with E-state index in [1.807, 2.05) is 30.3 Å². The van der Waals surface area contributed by atoms with Crippen molar-refractivity contribution in [2.24, 2.45) is 5.41 Å². The Morgan fingerprint density at radius 1 is 1.24 bits per heavy atom. The summed E-state index contributed by atoms with van der Waals surface area (Å²) in [5.41, 5.74) is -0.317. The lowest BCUT2D eigenvalue weighted by molar-refractivity contribution is -0.129. The van der Waals surface area contributed by atoms with Crippen molar-refractivity contribution >= 4 is 11.6 Å². The molecule has 1 aliphatic rings. The second-order valence-electron chi connectivity index (χ2n) is 5.01. The van der Waals surface area contributed by atoms with Crippen LogP contribution in [0.3, 0.4) is 0 Å². The highest BCUT2D eigenvalue weighted by Gasteiger charge is 2.43. The summed E-state index contributed by atoms with van der Waals surface area (Å²) in [7, 11) is 0. The minimum atomic E-state index is -1.04. The molecule has 0 aromatic heterocycles. The maximum absolute atomic E-state index is 12.9. The first-order valence-electron chi connectivity index (χ1n) is 6.96. The van der Waals surface area contributed by atoms with Gasteiger partial charge in [-0.15, -0.1) is 0 Å². The molecule has 2 rings (SSSR count). The third-order valence-corrected chi connectivity index (χ3v) is 3.73. The van der Waals surface area contributed by atoms with Crippen molar-refractivity contribution < 1.29 is 9.53 Å². The number of ether oxygens (including phenoxy) is 1. The topological polar surface area (TPSA) is 77.1 Å². The first-order valence-corrected chi connectivity index (χ1v) is 6.96. The zero-order valence-electron chi connectivity index (χ0n) is 11.8. The molecule has 108 valence electrons. The van der Waals surface area contributed by atoms with Crippen LogP contribution < -0.4 is 4.90 Å². The fraction of sp³-hybridized carbons (Fsp3) is 0.438. The van der Waals surface area contributed by atoms with Crippen molar-refractivity contribution in [3.8, 4) is 12.1 Å². The highest BCUT2D eigenvalue weighted by molar-refractivity contribution is 5.99. The van der Waals surface area contributed by atoms with Gasteiger partial charge in [0, 0.05) is 25.4 Å². The number of anilines is 1. The lowest BCUT2D eigenvalue weighted by Gasteiger charge is -2.34. The predicted molar refractivity (Wildman–Crippen MR) is 77.1 cm³/mol. The molecular formula is C16H17N3O2. The molecule has 0 atom stereocenters. The van der Waals surface area contributed by atoms with E-state index in [-0.39, 0.29) is 12.3 Å². The molecule has 1 aliphatic heterocycles. The van der Waals surface area contributed by atoms with Crippen molar-refractivity contribution in [2.75, 3.05) is 24.7 Å². The fourth-order valence-electron chi connectivity index (χ4n) is 2.47. The predicted octanol–water partition coefficient (Wildman–Crippen LogP) is 2.25. The lowest BCUT2D eigenvalue weighted by Crippen LogP contribution is -2.46. The van der Waals surface area contributed by atoms with E-state index in [9.17, 15) is 10.1 Å². The third-order valence-electron chi connectivity index (χ3n) is 3.73. The van der Waals surface area contributed by atoms with Crippen LogP contribution in [0.5, 0.6) is 0 Å². The Morgan fingerprint density at radius 3 is 2.48 bits per heavy atom. The van der Waals surface area contributed by atoms with Crippen molar-refractivity contribution in [2.45, 2.75) is 19.3 Å². The molecule has 0 unspecified atom stereocenters. The number of hydrogen-bond donors (Lipinski definition) is 0. The molecule has 0 N–H and O–H groups in total. The molecule has 1 amide bonds. The molecule has 1 saturated heterocycles. The van der Waals surface area contributed by atoms with Crippen LogP contribution in [0.1, 0.15) is 19.3 Å². The van der Waals surface area contributed by atoms with E-state index in [1.165, 1.54) is 0 Å². The Hall–Kier alpha value is -2.37. The van der Waals surface area contributed by atoms with Crippen molar-refractivity contribution in [3.63, 3.8) is 0 Å². The van der Waals surface area contributed by atoms with Crippen LogP contribution in [0.4, 0.5) is 5.69 Å². The number of carbonyl (C=O) groups excluding carboxylic acids is 1. The molecule has 21 heavy (non-hydrogen) atoms. The van der Waals surface area contributed by atoms with E-state index in [4.69, 9.17) is 10.00 Å². The monoisotopic (exact) mass is 283 g/mol. The van der Waals surface area contributed by atoms with Gasteiger partial charge in [0.25, 0.3) is 0 Å². The Morgan fingerprint density at radius 2 is 1.90 bits per heavy atom. The van der Waals surface area contributed by atoms with Crippen LogP contribution in [0.25, 0.3) is 0 Å². The molecule has 1 aromatic carbocycles. The molecular weight excluding hydrogens is 266 g/mol. The van der Waals surface area contributed by atoms with Crippen LogP contribution in [0, 0.1) is 28.1 Å². The SMILES string of the molecule is N#CCCN(C(=O)C1(C#N)CCOCC1)c1ccccc1. The smallest absolute Gasteiger partial charge is 0.247 e. The van der Waals surface area contributed by atoms with E-state index >= 15 is 0 Å². The van der Waals surface area contributed by atoms with E-state index in [2.05, 4.69) is 12.1 Å². The maximum atomic E-state index is 12.9. The van der Waals surface area contributed by atoms with E-state index in [0.717, 1.165) is 5.69 Å². The van der Waals surface area contributed by atoms with Crippen LogP contribution in [0.15, 0.2) is 30.3 Å². The van der Waals surface area contributed by atoms with Gasteiger partial charge in [-0.3, -0.25) is 4.79 Å². The van der Waals surface area contributed by atoms with Gasteiger partial charge in [0.05, 0.1) is 18.6 Å². The second-order valence-corrected chi connectivity index (χ2v) is 5.01. The Balaban J connectivity index is 2.30. The summed E-state index contributed by atoms with van der Waals surface area (Å²) < 4.78 is 5.27. The normalized spacial score (nSPS) is 16.5. The number of hydrogen-bond acceptors (Lipinski definition) is 4. The summed E-state index contributed by atoms with van der Waals surface area (Å²) in [4.78, 5) is 14.4. The van der Waals surface area contributed by atoms with Crippen molar-refractivity contribution in [1.82, 2.24) is 0 Å². The maximum Gasteiger partial charge on any atom is 0.247 e. The lowest BCUT2D eigenvalue weighted by atomic mass is 9.80. The van der Waals surface area contributed by atoms with Gasteiger partial charge in [-0.05, 0) is 25.0 Å². The molecule has 0 aliphatic carbocycles. The number of nitriles is 2. The summed E-state index contributed by atoms with van der Waals surface area (Å²) in [5, 5.41) is 18.3. The summed E-state index contributed by atoms with van der Waals surface area (Å²) in [6.07, 6.45) is 1.04. The molecule has 1 fully saturated rings. The summed E-state index contributed by atoms with van der Waals surface area (Å²) >= 11 is 0. The minimum absolute atomic E-state index is 0.227. The number of rotatable bonds is 4. The molecule has 0 spiro atoms. The van der Waals surface area contributed by atoms with Gasteiger partial charge in [-0.25, -0.2) is 0 Å². The van der Waals surface area contributed by atoms with E-state index in [1.54, 1.807) is 4.90 Å². The first kappa shape index (κ1) is 15.0. The number of carbonyl (C=O) groups is 1. The standard InChI is InChI=1S/C16H17N3O2/c17-9-4-10-19(14-5-2-1-3-6-14)15(20)16(13-18)7-11-21-12-8-16/h1-3,5-6H,4,7-8,10-12H2. The van der Waals surface area contributed by atoms with E-state index in [0.29, 0.717) is 32.6 Å². The van der Waals surface area contributed by atoms with Gasteiger partial charge >= 0.3 is 0 Å². The molecule has 1 aromatic rings. The Bertz CT molecular complexity index is 565. The van der Waals surface area contributed by atoms with Crippen LogP contribution in [-0.4, -0.2) is 25.7 Å². The molecule has 1 heterocycles. The average molecular weight is 283 g/mol. The highest BCUT2D eigenvalue weighted by atomic mass is 16.5. The van der Waals surface area contributed by atoms with Gasteiger partial charge in [-0.2, -0.15) is 10.5 Å². The fourth-order valence-corrected chi connectivity index (χ4v) is 2.47. The molecule has 0 bridgehead atoms. The molecule has 5 nitrogen and oxygen atoms in total. The van der Waals surface area contributed by atoms with Crippen LogP contribution >= 0.6 is 0 Å². The summed E-state index contributed by atoms with van der Waals surface area (Å²) in [6, 6.07) is 13.4. The van der Waals surface area contributed by atoms with Crippen LogP contribution in [0.2, 0.25) is 0 Å². The minimum Gasteiger partial charge on any atom is -0.381 e. The van der Waals surface area contributed by atoms with Crippen molar-refractivity contribution in [3.05, 3.63) is 30.3 Å². The number of amides is 1. The van der Waals surface area contributed by atoms with Crippen LogP contribution in [-0.2, 0) is 9.53 Å². The van der Waals surface area contributed by atoms with Gasteiger partial charge < -0.3 is 9.64 Å². The van der Waals surface area contributed by atoms with Gasteiger partial charge in [0.1, 0.15) is 5.41 Å². The summed E-state index contributed by atoms with van der Waals surface area (Å²) in [6.45, 7) is 1.13. The zero-order valence-corrected chi connectivity index (χ0v) is 11.8. The number of benzene rings is 1. The highest BCUT2D eigenvalue weighted by Crippen LogP contribution is 2.33. The van der Waals surface area contributed by atoms with Gasteiger partial charge in [-0.1, -0.05) is 18.2 Å². The first-order chi connectivity index (χ1) is 10.2. The zero-order chi connectivity index (χ0) is 15.1. The molecule has 5 heteroatoms. The Kier molecular flexibility index (Phi) is 4.92. The van der Waals surface area contributed by atoms with Gasteiger partial charge in [0.2, 0.25) is 5.91 Å². The third kappa shape index (κ3) is 3.21. The largest absolute Gasteiger partial charge is 0.381 e. The average Bonchev–Trinajstić information content (AvgIpc) is 2.56. The molecule has 0 saturated carbocycles.